The van der Waals surface area contributed by atoms with Gasteiger partial charge in [0.2, 0.25) is 5.91 Å². The number of nitrogens with zero attached hydrogens (tertiary/aromatic N) is 1. The van der Waals surface area contributed by atoms with Crippen LogP contribution in [0, 0.1) is 5.41 Å². The van der Waals surface area contributed by atoms with Crippen LogP contribution in [-0.2, 0) is 22.7 Å². The average Bonchev–Trinajstić information content (AvgIpc) is 3.24. The third-order valence-corrected chi connectivity index (χ3v) is 5.35. The van der Waals surface area contributed by atoms with E-state index in [0.29, 0.717) is 37.1 Å². The Bertz CT molecular complexity index is 935. The van der Waals surface area contributed by atoms with Crippen LogP contribution in [0.15, 0.2) is 29.1 Å². The number of carbonyl (C=O) groups is 1. The van der Waals surface area contributed by atoms with E-state index in [1.54, 1.807) is 5.51 Å². The molecule has 6 nitrogen and oxygen atoms in total. The summed E-state index contributed by atoms with van der Waals surface area (Å²) in [5.74, 6) is 0.608. The van der Waals surface area contributed by atoms with Crippen molar-refractivity contribution in [2.45, 2.75) is 20.1 Å². The lowest BCUT2D eigenvalue weighted by atomic mass is 9.87. The lowest BCUT2D eigenvalue weighted by molar-refractivity contribution is -0.157. The minimum atomic E-state index is -0.411. The molecule has 1 aliphatic rings. The quantitative estimate of drug-likeness (QED) is 0.674. The Labute approximate surface area is 159 Å². The highest BCUT2D eigenvalue weighted by atomic mass is 35.5. The van der Waals surface area contributed by atoms with Gasteiger partial charge >= 0.3 is 0 Å². The van der Waals surface area contributed by atoms with Crippen LogP contribution in [-0.4, -0.2) is 29.1 Å². The third kappa shape index (κ3) is 3.42. The normalized spacial score (nSPS) is 15.6. The Kier molecular flexibility index (Phi) is 4.60. The monoisotopic (exact) mass is 391 g/mol. The summed E-state index contributed by atoms with van der Waals surface area (Å²) < 4.78 is 10.9. The molecule has 0 radical (unpaired) electrons. The SMILES string of the molecule is CC1(C(=O)NCc2cc3cc(Cl)c(OCc4cscn4)cc3[nH]2)COC1. The van der Waals surface area contributed by atoms with E-state index in [-0.39, 0.29) is 5.91 Å². The summed E-state index contributed by atoms with van der Waals surface area (Å²) in [5.41, 5.74) is 4.04. The van der Waals surface area contributed by atoms with E-state index in [1.165, 1.54) is 11.3 Å². The Morgan fingerprint density at radius 3 is 3.00 bits per heavy atom. The van der Waals surface area contributed by atoms with Crippen LogP contribution in [0.1, 0.15) is 18.3 Å². The van der Waals surface area contributed by atoms with Gasteiger partial charge in [0, 0.05) is 28.0 Å². The number of amides is 1. The summed E-state index contributed by atoms with van der Waals surface area (Å²) in [6, 6.07) is 5.71. The average molecular weight is 392 g/mol. The van der Waals surface area contributed by atoms with E-state index in [4.69, 9.17) is 21.1 Å². The number of nitrogens with one attached hydrogen (secondary N) is 2. The minimum absolute atomic E-state index is 0.00715. The first-order valence-corrected chi connectivity index (χ1v) is 9.53. The molecule has 1 saturated heterocycles. The molecule has 136 valence electrons. The van der Waals surface area contributed by atoms with E-state index in [9.17, 15) is 4.79 Å². The van der Waals surface area contributed by atoms with Gasteiger partial charge in [0.05, 0.1) is 41.4 Å². The Hall–Kier alpha value is -2.09. The number of hydrogen-bond acceptors (Lipinski definition) is 5. The first-order chi connectivity index (χ1) is 12.5. The molecule has 0 bridgehead atoms. The molecule has 0 aliphatic carbocycles. The van der Waals surface area contributed by atoms with Crippen LogP contribution >= 0.6 is 22.9 Å². The van der Waals surface area contributed by atoms with E-state index in [1.807, 2.05) is 30.5 Å². The number of thiazole rings is 1. The summed E-state index contributed by atoms with van der Waals surface area (Å²) in [6.45, 7) is 3.65. The molecule has 26 heavy (non-hydrogen) atoms. The van der Waals surface area contributed by atoms with Crippen LogP contribution in [0.3, 0.4) is 0 Å². The van der Waals surface area contributed by atoms with Crippen molar-refractivity contribution >= 4 is 39.7 Å². The van der Waals surface area contributed by atoms with Gasteiger partial charge in [0.1, 0.15) is 12.4 Å². The zero-order chi connectivity index (χ0) is 18.1. The molecule has 4 rings (SSSR count). The van der Waals surface area contributed by atoms with Crippen LogP contribution in [0.5, 0.6) is 5.75 Å². The molecule has 1 aromatic carbocycles. The number of carbonyl (C=O) groups excluding carboxylic acids is 1. The number of aromatic amines is 1. The van der Waals surface area contributed by atoms with E-state index < -0.39 is 5.41 Å². The van der Waals surface area contributed by atoms with Crippen LogP contribution < -0.4 is 10.1 Å². The highest BCUT2D eigenvalue weighted by Gasteiger charge is 2.40. The molecule has 1 aliphatic heterocycles. The maximum atomic E-state index is 12.2. The maximum Gasteiger partial charge on any atom is 0.230 e. The van der Waals surface area contributed by atoms with Gasteiger partial charge in [-0.3, -0.25) is 4.79 Å². The van der Waals surface area contributed by atoms with Crippen LogP contribution in [0.2, 0.25) is 5.02 Å². The highest BCUT2D eigenvalue weighted by molar-refractivity contribution is 7.07. The van der Waals surface area contributed by atoms with Gasteiger partial charge in [-0.25, -0.2) is 4.98 Å². The molecule has 1 amide bonds. The molecule has 0 spiro atoms. The van der Waals surface area contributed by atoms with Gasteiger partial charge in [-0.15, -0.1) is 11.3 Å². The number of hydrogen-bond donors (Lipinski definition) is 2. The van der Waals surface area contributed by atoms with E-state index in [2.05, 4.69) is 15.3 Å². The largest absolute Gasteiger partial charge is 0.486 e. The molecule has 0 unspecified atom stereocenters. The molecular formula is C18H18ClN3O3S. The summed E-state index contributed by atoms with van der Waals surface area (Å²) in [4.78, 5) is 19.7. The van der Waals surface area contributed by atoms with Crippen molar-refractivity contribution < 1.29 is 14.3 Å². The summed E-state index contributed by atoms with van der Waals surface area (Å²) in [6.07, 6.45) is 0. The highest BCUT2D eigenvalue weighted by Crippen LogP contribution is 2.31. The van der Waals surface area contributed by atoms with Gasteiger partial charge in [-0.1, -0.05) is 11.6 Å². The molecule has 3 heterocycles. The number of aromatic nitrogens is 2. The van der Waals surface area contributed by atoms with Gasteiger partial charge in [0.25, 0.3) is 0 Å². The smallest absolute Gasteiger partial charge is 0.230 e. The standard InChI is InChI=1S/C18H18ClN3O3S/c1-18(8-24-9-18)17(23)20-5-12-2-11-3-14(19)16(4-15(11)22-12)25-6-13-7-26-10-21-13/h2-4,7,10,22H,5-6,8-9H2,1H3,(H,20,23). The number of ether oxygens (including phenoxy) is 2. The summed E-state index contributed by atoms with van der Waals surface area (Å²) in [5, 5.41) is 6.41. The molecule has 8 heteroatoms. The lowest BCUT2D eigenvalue weighted by Gasteiger charge is -2.36. The van der Waals surface area contributed by atoms with Gasteiger partial charge in [-0.2, -0.15) is 0 Å². The van der Waals surface area contributed by atoms with Crippen molar-refractivity contribution in [2.24, 2.45) is 5.41 Å². The fraction of sp³-hybridized carbons (Fsp3) is 0.333. The zero-order valence-corrected chi connectivity index (χ0v) is 15.7. The predicted octanol–water partition coefficient (Wildman–Crippen LogP) is 3.51. The first kappa shape index (κ1) is 17.3. The van der Waals surface area contributed by atoms with Crippen molar-refractivity contribution in [3.05, 3.63) is 45.5 Å². The van der Waals surface area contributed by atoms with Gasteiger partial charge < -0.3 is 19.8 Å². The minimum Gasteiger partial charge on any atom is -0.486 e. The molecule has 0 saturated carbocycles. The van der Waals surface area contributed by atoms with Gasteiger partial charge in [-0.05, 0) is 19.1 Å². The van der Waals surface area contributed by atoms with Crippen LogP contribution in [0.4, 0.5) is 0 Å². The topological polar surface area (TPSA) is 76.2 Å². The fourth-order valence-electron chi connectivity index (χ4n) is 2.79. The number of fused-ring (bicyclic) bond motifs is 1. The second-order valence-electron chi connectivity index (χ2n) is 6.67. The molecular weight excluding hydrogens is 374 g/mol. The van der Waals surface area contributed by atoms with Crippen molar-refractivity contribution in [1.82, 2.24) is 15.3 Å². The Balaban J connectivity index is 1.45. The first-order valence-electron chi connectivity index (χ1n) is 8.20. The predicted molar refractivity (Wildman–Crippen MR) is 101 cm³/mol. The molecule has 1 fully saturated rings. The summed E-state index contributed by atoms with van der Waals surface area (Å²) in [7, 11) is 0. The molecule has 0 atom stereocenters. The van der Waals surface area contributed by atoms with Crippen molar-refractivity contribution in [3.8, 4) is 5.75 Å². The second kappa shape index (κ2) is 6.90. The number of benzene rings is 1. The number of H-pyrrole nitrogens is 1. The van der Waals surface area contributed by atoms with E-state index >= 15 is 0 Å². The van der Waals surface area contributed by atoms with Crippen LogP contribution in [0.25, 0.3) is 10.9 Å². The second-order valence-corrected chi connectivity index (χ2v) is 7.79. The third-order valence-electron chi connectivity index (χ3n) is 4.42. The Morgan fingerprint density at radius 1 is 1.46 bits per heavy atom. The molecule has 2 aromatic heterocycles. The van der Waals surface area contributed by atoms with E-state index in [0.717, 1.165) is 22.3 Å². The summed E-state index contributed by atoms with van der Waals surface area (Å²) >= 11 is 7.85. The van der Waals surface area contributed by atoms with Gasteiger partial charge in [0.15, 0.2) is 0 Å². The Morgan fingerprint density at radius 2 is 2.31 bits per heavy atom. The lowest BCUT2D eigenvalue weighted by Crippen LogP contribution is -2.51. The zero-order valence-electron chi connectivity index (χ0n) is 14.2. The molecule has 2 N–H and O–H groups in total. The van der Waals surface area contributed by atoms with Crippen molar-refractivity contribution in [2.75, 3.05) is 13.2 Å². The number of halogens is 1. The van der Waals surface area contributed by atoms with Crippen molar-refractivity contribution in [1.29, 1.82) is 0 Å². The molecule has 3 aromatic rings. The van der Waals surface area contributed by atoms with Crippen molar-refractivity contribution in [3.63, 3.8) is 0 Å². The maximum absolute atomic E-state index is 12.2. The number of rotatable bonds is 6. The fourth-order valence-corrected chi connectivity index (χ4v) is 3.56.